The molecule has 3 rings (SSSR count). The van der Waals surface area contributed by atoms with Crippen molar-refractivity contribution in [3.05, 3.63) is 0 Å². The Hall–Kier alpha value is -0.570. The van der Waals surface area contributed by atoms with Gasteiger partial charge in [0, 0.05) is 6.92 Å². The second-order valence-electron chi connectivity index (χ2n) is 5.49. The monoisotopic (exact) mass is 210 g/mol. The van der Waals surface area contributed by atoms with Gasteiger partial charge in [-0.05, 0) is 49.4 Å². The van der Waals surface area contributed by atoms with E-state index in [1.807, 2.05) is 0 Å². The number of rotatable bonds is 1. The average molecular weight is 210 g/mol. The van der Waals surface area contributed by atoms with Gasteiger partial charge in [-0.15, -0.1) is 0 Å². The Bertz CT molecular complexity index is 289. The number of carbonyl (C=O) groups is 1. The van der Waals surface area contributed by atoms with Gasteiger partial charge in [0.15, 0.2) is 0 Å². The van der Waals surface area contributed by atoms with Gasteiger partial charge in [-0.25, -0.2) is 0 Å². The highest BCUT2D eigenvalue weighted by molar-refractivity contribution is 5.66. The number of aliphatic hydroxyl groups excluding tert-OH is 1. The van der Waals surface area contributed by atoms with Crippen LogP contribution in [-0.2, 0) is 9.53 Å². The predicted octanol–water partition coefficient (Wildman–Crippen LogP) is 1.34. The molecule has 0 radical (unpaired) electrons. The van der Waals surface area contributed by atoms with Gasteiger partial charge in [-0.3, -0.25) is 4.79 Å². The summed E-state index contributed by atoms with van der Waals surface area (Å²) in [6.45, 7) is 1.48. The van der Waals surface area contributed by atoms with E-state index in [-0.39, 0.29) is 18.2 Å². The first kappa shape index (κ1) is 9.64. The lowest BCUT2D eigenvalue weighted by Gasteiger charge is -2.27. The van der Waals surface area contributed by atoms with E-state index in [2.05, 4.69) is 0 Å². The molecule has 1 N–H and O–H groups in total. The van der Waals surface area contributed by atoms with Crippen LogP contribution in [0.1, 0.15) is 32.6 Å². The van der Waals surface area contributed by atoms with Crippen molar-refractivity contribution in [2.24, 2.45) is 23.7 Å². The Kier molecular flexibility index (Phi) is 2.06. The predicted molar refractivity (Wildman–Crippen MR) is 54.0 cm³/mol. The normalized spacial score (nSPS) is 51.9. The third-order valence-corrected chi connectivity index (χ3v) is 4.72. The van der Waals surface area contributed by atoms with Crippen LogP contribution in [0.5, 0.6) is 0 Å². The van der Waals surface area contributed by atoms with Crippen molar-refractivity contribution in [2.75, 3.05) is 0 Å². The molecule has 0 heterocycles. The molecule has 3 nitrogen and oxygen atoms in total. The summed E-state index contributed by atoms with van der Waals surface area (Å²) in [5, 5.41) is 9.83. The first-order chi connectivity index (χ1) is 7.15. The molecular formula is C12H18O3. The molecule has 3 heteroatoms. The van der Waals surface area contributed by atoms with Gasteiger partial charge >= 0.3 is 5.97 Å². The van der Waals surface area contributed by atoms with E-state index >= 15 is 0 Å². The molecule has 6 atom stereocenters. The molecule has 3 fully saturated rings. The molecule has 3 aliphatic carbocycles. The largest absolute Gasteiger partial charge is 0.463 e. The van der Waals surface area contributed by atoms with Crippen molar-refractivity contribution >= 4 is 5.97 Å². The average Bonchev–Trinajstić information content (AvgIpc) is 2.72. The van der Waals surface area contributed by atoms with Crippen LogP contribution in [0.2, 0.25) is 0 Å². The van der Waals surface area contributed by atoms with Gasteiger partial charge in [0.05, 0.1) is 6.10 Å². The molecule has 0 aliphatic heterocycles. The molecule has 0 saturated heterocycles. The third kappa shape index (κ3) is 1.40. The molecule has 84 valence electrons. The van der Waals surface area contributed by atoms with E-state index in [9.17, 15) is 9.90 Å². The van der Waals surface area contributed by atoms with Crippen LogP contribution < -0.4 is 0 Å². The number of fused-ring (bicyclic) bond motifs is 5. The summed E-state index contributed by atoms with van der Waals surface area (Å²) in [6, 6.07) is 0. The zero-order chi connectivity index (χ0) is 10.6. The number of carbonyl (C=O) groups excluding carboxylic acids is 1. The Balaban J connectivity index is 1.69. The Morgan fingerprint density at radius 2 is 1.87 bits per heavy atom. The number of aliphatic hydroxyl groups is 1. The van der Waals surface area contributed by atoms with E-state index in [0.717, 1.165) is 25.2 Å². The van der Waals surface area contributed by atoms with Crippen LogP contribution in [0.25, 0.3) is 0 Å². The summed E-state index contributed by atoms with van der Waals surface area (Å²) < 4.78 is 5.29. The molecule has 15 heavy (non-hydrogen) atoms. The Labute approximate surface area is 89.8 Å². The summed E-state index contributed by atoms with van der Waals surface area (Å²) in [6.07, 6.45) is 4.28. The van der Waals surface area contributed by atoms with E-state index in [1.54, 1.807) is 0 Å². The van der Waals surface area contributed by atoms with Crippen molar-refractivity contribution in [2.45, 2.75) is 44.8 Å². The zero-order valence-corrected chi connectivity index (χ0v) is 9.06. The third-order valence-electron chi connectivity index (χ3n) is 4.72. The van der Waals surface area contributed by atoms with Gasteiger partial charge in [0.2, 0.25) is 0 Å². The fourth-order valence-electron chi connectivity index (χ4n) is 4.32. The van der Waals surface area contributed by atoms with E-state index in [0.29, 0.717) is 17.8 Å². The van der Waals surface area contributed by atoms with Crippen LogP contribution >= 0.6 is 0 Å². The molecule has 0 amide bonds. The maximum Gasteiger partial charge on any atom is 0.302 e. The lowest BCUT2D eigenvalue weighted by molar-refractivity contribution is -0.146. The lowest BCUT2D eigenvalue weighted by Crippen LogP contribution is -2.27. The molecule has 3 aliphatic rings. The summed E-state index contributed by atoms with van der Waals surface area (Å²) in [5.41, 5.74) is 0. The lowest BCUT2D eigenvalue weighted by atomic mass is 9.80. The highest BCUT2D eigenvalue weighted by Gasteiger charge is 2.56. The Morgan fingerprint density at radius 3 is 2.60 bits per heavy atom. The first-order valence-electron chi connectivity index (χ1n) is 6.00. The molecule has 6 unspecified atom stereocenters. The molecule has 0 aromatic carbocycles. The maximum atomic E-state index is 10.9. The number of esters is 1. The smallest absolute Gasteiger partial charge is 0.302 e. The molecular weight excluding hydrogens is 192 g/mol. The molecule has 3 saturated carbocycles. The van der Waals surface area contributed by atoms with Crippen molar-refractivity contribution in [1.29, 1.82) is 0 Å². The first-order valence-corrected chi connectivity index (χ1v) is 6.00. The molecule has 0 aromatic heterocycles. The Morgan fingerprint density at radius 1 is 1.13 bits per heavy atom. The maximum absolute atomic E-state index is 10.9. The topological polar surface area (TPSA) is 46.5 Å². The quantitative estimate of drug-likeness (QED) is 0.664. The SMILES string of the molecule is CC(=O)OC1CC2C3CC(O)C(C3)C2C1. The number of ether oxygens (including phenoxy) is 1. The van der Waals surface area contributed by atoms with Crippen molar-refractivity contribution < 1.29 is 14.6 Å². The minimum atomic E-state index is -0.159. The zero-order valence-electron chi connectivity index (χ0n) is 9.06. The molecule has 0 spiro atoms. The van der Waals surface area contributed by atoms with Crippen molar-refractivity contribution in [3.8, 4) is 0 Å². The highest BCUT2D eigenvalue weighted by atomic mass is 16.5. The fraction of sp³-hybridized carbons (Fsp3) is 0.917. The van der Waals surface area contributed by atoms with Gasteiger partial charge in [-0.2, -0.15) is 0 Å². The van der Waals surface area contributed by atoms with Crippen LogP contribution in [0, 0.1) is 23.7 Å². The van der Waals surface area contributed by atoms with Crippen molar-refractivity contribution in [1.82, 2.24) is 0 Å². The van der Waals surface area contributed by atoms with Crippen LogP contribution in [0.4, 0.5) is 0 Å². The van der Waals surface area contributed by atoms with Gasteiger partial charge in [0.25, 0.3) is 0 Å². The minimum absolute atomic E-state index is 0.0765. The van der Waals surface area contributed by atoms with Crippen LogP contribution in [-0.4, -0.2) is 23.3 Å². The van der Waals surface area contributed by atoms with E-state index in [1.165, 1.54) is 13.3 Å². The fourth-order valence-corrected chi connectivity index (χ4v) is 4.32. The van der Waals surface area contributed by atoms with Gasteiger partial charge < -0.3 is 9.84 Å². The highest BCUT2D eigenvalue weighted by Crippen LogP contribution is 2.59. The molecule has 0 aromatic rings. The molecule has 2 bridgehead atoms. The van der Waals surface area contributed by atoms with Gasteiger partial charge in [0.1, 0.15) is 6.10 Å². The van der Waals surface area contributed by atoms with Crippen LogP contribution in [0.15, 0.2) is 0 Å². The second kappa shape index (κ2) is 3.21. The van der Waals surface area contributed by atoms with Crippen molar-refractivity contribution in [3.63, 3.8) is 0 Å². The summed E-state index contributed by atoms with van der Waals surface area (Å²) in [4.78, 5) is 10.9. The standard InChI is InChI=1S/C12H18O3/c1-6(13)15-8-4-9-7-2-11(10(9)5-8)12(14)3-7/h7-12,14H,2-5H2,1H3. The summed E-state index contributed by atoms with van der Waals surface area (Å²) in [7, 11) is 0. The van der Waals surface area contributed by atoms with Crippen LogP contribution in [0.3, 0.4) is 0 Å². The summed E-state index contributed by atoms with van der Waals surface area (Å²) in [5.74, 6) is 2.40. The number of hydrogen-bond donors (Lipinski definition) is 1. The second-order valence-corrected chi connectivity index (χ2v) is 5.49. The van der Waals surface area contributed by atoms with E-state index in [4.69, 9.17) is 4.74 Å². The summed E-state index contributed by atoms with van der Waals surface area (Å²) >= 11 is 0. The number of hydrogen-bond acceptors (Lipinski definition) is 3. The van der Waals surface area contributed by atoms with Gasteiger partial charge in [-0.1, -0.05) is 0 Å². The minimum Gasteiger partial charge on any atom is -0.463 e. The van der Waals surface area contributed by atoms with E-state index < -0.39 is 0 Å².